The molecule has 0 amide bonds. The van der Waals surface area contributed by atoms with E-state index in [2.05, 4.69) is 0 Å². The van der Waals surface area contributed by atoms with Gasteiger partial charge in [-0.15, -0.1) is 0 Å². The van der Waals surface area contributed by atoms with E-state index in [1.807, 2.05) is 36.4 Å². The fraction of sp³-hybridized carbons (Fsp3) is 0.176. The molecule has 1 unspecified atom stereocenters. The Bertz CT molecular complexity index is 691. The van der Waals surface area contributed by atoms with Crippen LogP contribution in [-0.2, 0) is 0 Å². The minimum absolute atomic E-state index is 0.0401. The third-order valence-corrected chi connectivity index (χ3v) is 3.46. The second-order valence-corrected chi connectivity index (χ2v) is 4.68. The van der Waals surface area contributed by atoms with Crippen LogP contribution >= 0.6 is 0 Å². The lowest BCUT2D eigenvalue weighted by molar-refractivity contribution is 0.241. The summed E-state index contributed by atoms with van der Waals surface area (Å²) in [5, 5.41) is 9.84. The number of ether oxygens (including phenoxy) is 3. The number of rotatable bonds is 3. The summed E-state index contributed by atoms with van der Waals surface area (Å²) in [6, 6.07) is 11.2. The molecule has 4 heteroatoms. The van der Waals surface area contributed by atoms with Gasteiger partial charge in [0.05, 0.1) is 14.2 Å². The first-order valence-corrected chi connectivity index (χ1v) is 6.62. The topological polar surface area (TPSA) is 47.9 Å². The van der Waals surface area contributed by atoms with Crippen LogP contribution in [0, 0.1) is 0 Å². The maximum atomic E-state index is 9.84. The van der Waals surface area contributed by atoms with Gasteiger partial charge in [-0.1, -0.05) is 24.3 Å². The third-order valence-electron chi connectivity index (χ3n) is 3.46. The van der Waals surface area contributed by atoms with E-state index < -0.39 is 0 Å². The monoisotopic (exact) mass is 284 g/mol. The Morgan fingerprint density at radius 3 is 2.52 bits per heavy atom. The molecule has 0 aromatic heterocycles. The molecule has 0 saturated heterocycles. The molecule has 0 saturated carbocycles. The van der Waals surface area contributed by atoms with Gasteiger partial charge in [0.15, 0.2) is 11.5 Å². The zero-order valence-electron chi connectivity index (χ0n) is 11.9. The Balaban J connectivity index is 2.03. The van der Waals surface area contributed by atoms with E-state index in [9.17, 15) is 5.11 Å². The fourth-order valence-electron chi connectivity index (χ4n) is 2.46. The van der Waals surface area contributed by atoms with Crippen molar-refractivity contribution in [1.82, 2.24) is 0 Å². The lowest BCUT2D eigenvalue weighted by Gasteiger charge is -2.24. The number of phenols is 1. The molecule has 0 fully saturated rings. The van der Waals surface area contributed by atoms with Crippen LogP contribution in [0.25, 0.3) is 6.08 Å². The van der Waals surface area contributed by atoms with E-state index in [1.165, 1.54) is 7.11 Å². The highest BCUT2D eigenvalue weighted by molar-refractivity contribution is 5.63. The first-order valence-electron chi connectivity index (χ1n) is 6.62. The predicted octanol–water partition coefficient (Wildman–Crippen LogP) is 3.56. The molecule has 2 aromatic carbocycles. The van der Waals surface area contributed by atoms with Crippen molar-refractivity contribution in [3.63, 3.8) is 0 Å². The largest absolute Gasteiger partial charge is 0.504 e. The molecule has 1 aliphatic heterocycles. The highest BCUT2D eigenvalue weighted by atomic mass is 16.5. The van der Waals surface area contributed by atoms with Crippen LogP contribution in [0.1, 0.15) is 17.2 Å². The van der Waals surface area contributed by atoms with E-state index in [1.54, 1.807) is 19.2 Å². The lowest BCUT2D eigenvalue weighted by atomic mass is 10.0. The standard InChI is InChI=1S/C17H16O4/c1-19-16-12(8-9-13(18)17(16)20-2)15-10-7-11-5-3-4-6-14(11)21-15/h3-10,15,18H,1-2H3. The number of hydrogen-bond donors (Lipinski definition) is 1. The van der Waals surface area contributed by atoms with Gasteiger partial charge in [0.1, 0.15) is 11.9 Å². The maximum absolute atomic E-state index is 9.84. The number of methoxy groups -OCH3 is 2. The quantitative estimate of drug-likeness (QED) is 0.936. The summed E-state index contributed by atoms with van der Waals surface area (Å²) in [5.41, 5.74) is 1.84. The van der Waals surface area contributed by atoms with Gasteiger partial charge in [0.25, 0.3) is 0 Å². The van der Waals surface area contributed by atoms with Gasteiger partial charge < -0.3 is 19.3 Å². The molecular weight excluding hydrogens is 268 g/mol. The molecule has 0 bridgehead atoms. The summed E-state index contributed by atoms with van der Waals surface area (Å²) in [4.78, 5) is 0. The predicted molar refractivity (Wildman–Crippen MR) is 80.1 cm³/mol. The average molecular weight is 284 g/mol. The maximum Gasteiger partial charge on any atom is 0.203 e. The highest BCUT2D eigenvalue weighted by Crippen LogP contribution is 2.44. The van der Waals surface area contributed by atoms with E-state index in [-0.39, 0.29) is 11.9 Å². The van der Waals surface area contributed by atoms with Crippen molar-refractivity contribution >= 4 is 6.08 Å². The Labute approximate surface area is 123 Å². The number of phenolic OH excluding ortho intramolecular Hbond substituents is 1. The fourth-order valence-corrected chi connectivity index (χ4v) is 2.46. The average Bonchev–Trinajstić information content (AvgIpc) is 2.54. The van der Waals surface area contributed by atoms with E-state index in [4.69, 9.17) is 14.2 Å². The highest BCUT2D eigenvalue weighted by Gasteiger charge is 2.23. The molecule has 0 aliphatic carbocycles. The van der Waals surface area contributed by atoms with Crippen LogP contribution in [0.5, 0.6) is 23.0 Å². The van der Waals surface area contributed by atoms with Crippen molar-refractivity contribution < 1.29 is 19.3 Å². The zero-order chi connectivity index (χ0) is 14.8. The summed E-state index contributed by atoms with van der Waals surface area (Å²) < 4.78 is 16.6. The number of fused-ring (bicyclic) bond motifs is 1. The normalized spacial score (nSPS) is 16.0. The summed E-state index contributed by atoms with van der Waals surface area (Å²) in [6.07, 6.45) is 3.68. The number of benzene rings is 2. The summed E-state index contributed by atoms with van der Waals surface area (Å²) in [6.45, 7) is 0. The molecule has 4 nitrogen and oxygen atoms in total. The van der Waals surface area contributed by atoms with Crippen molar-refractivity contribution in [2.24, 2.45) is 0 Å². The molecule has 3 rings (SSSR count). The number of para-hydroxylation sites is 1. The van der Waals surface area contributed by atoms with E-state index >= 15 is 0 Å². The van der Waals surface area contributed by atoms with E-state index in [0.29, 0.717) is 11.5 Å². The third kappa shape index (κ3) is 2.29. The summed E-state index contributed by atoms with van der Waals surface area (Å²) in [5.74, 6) is 1.65. The van der Waals surface area contributed by atoms with E-state index in [0.717, 1.165) is 16.9 Å². The van der Waals surface area contributed by atoms with Crippen molar-refractivity contribution in [1.29, 1.82) is 0 Å². The van der Waals surface area contributed by atoms with Gasteiger partial charge in [-0.2, -0.15) is 0 Å². The molecule has 108 valence electrons. The van der Waals surface area contributed by atoms with Gasteiger partial charge in [0, 0.05) is 11.1 Å². The molecule has 2 aromatic rings. The molecular formula is C17H16O4. The molecule has 21 heavy (non-hydrogen) atoms. The Morgan fingerprint density at radius 1 is 1.00 bits per heavy atom. The SMILES string of the molecule is COc1c(O)ccc(C2C=Cc3ccccc3O2)c1OC. The van der Waals surface area contributed by atoms with Gasteiger partial charge in [-0.3, -0.25) is 0 Å². The van der Waals surface area contributed by atoms with Crippen molar-refractivity contribution in [3.05, 3.63) is 53.6 Å². The van der Waals surface area contributed by atoms with Crippen molar-refractivity contribution in [3.8, 4) is 23.0 Å². The Kier molecular flexibility index (Phi) is 3.44. The first kappa shape index (κ1) is 13.4. The second-order valence-electron chi connectivity index (χ2n) is 4.68. The first-order chi connectivity index (χ1) is 10.2. The van der Waals surface area contributed by atoms with Crippen molar-refractivity contribution in [2.75, 3.05) is 14.2 Å². The van der Waals surface area contributed by atoms with Gasteiger partial charge in [0.2, 0.25) is 5.75 Å². The summed E-state index contributed by atoms with van der Waals surface area (Å²) in [7, 11) is 3.04. The Morgan fingerprint density at radius 2 is 1.76 bits per heavy atom. The van der Waals surface area contributed by atoms with Crippen LogP contribution < -0.4 is 14.2 Å². The van der Waals surface area contributed by atoms with Gasteiger partial charge >= 0.3 is 0 Å². The number of hydrogen-bond acceptors (Lipinski definition) is 4. The molecule has 1 atom stereocenters. The van der Waals surface area contributed by atoms with Crippen molar-refractivity contribution in [2.45, 2.75) is 6.10 Å². The second kappa shape index (κ2) is 5.40. The molecule has 1 aliphatic rings. The van der Waals surface area contributed by atoms with Gasteiger partial charge in [-0.05, 0) is 24.3 Å². The zero-order valence-corrected chi connectivity index (χ0v) is 11.9. The Hall–Kier alpha value is -2.62. The van der Waals surface area contributed by atoms with Crippen LogP contribution in [0.3, 0.4) is 0 Å². The van der Waals surface area contributed by atoms with Crippen LogP contribution in [0.15, 0.2) is 42.5 Å². The van der Waals surface area contributed by atoms with Gasteiger partial charge in [-0.25, -0.2) is 0 Å². The molecule has 0 radical (unpaired) electrons. The molecule has 1 N–H and O–H groups in total. The minimum Gasteiger partial charge on any atom is -0.504 e. The van der Waals surface area contributed by atoms with Crippen LogP contribution in [-0.4, -0.2) is 19.3 Å². The smallest absolute Gasteiger partial charge is 0.203 e. The van der Waals surface area contributed by atoms with Crippen LogP contribution in [0.4, 0.5) is 0 Å². The summed E-state index contributed by atoms with van der Waals surface area (Å²) >= 11 is 0. The lowest BCUT2D eigenvalue weighted by Crippen LogP contribution is -2.10. The van der Waals surface area contributed by atoms with Crippen LogP contribution in [0.2, 0.25) is 0 Å². The minimum atomic E-state index is -0.288. The molecule has 1 heterocycles. The number of aromatic hydroxyl groups is 1. The molecule has 0 spiro atoms.